The Bertz CT molecular complexity index is 4200. The molecule has 0 saturated heterocycles. The number of aromatic nitrogens is 4. The average molecular weight is 1340 g/mol. The summed E-state index contributed by atoms with van der Waals surface area (Å²) >= 11 is 25.1. The highest BCUT2D eigenvalue weighted by Crippen LogP contribution is 2.36. The summed E-state index contributed by atoms with van der Waals surface area (Å²) < 4.78 is 26.8. The SMILES string of the molecule is CC(C)(C)CCN.Cc1ccc2cc(-n3nc(-c4cc(Cl)cc(Cl)c4)cc3Oc3ccc(C(=O)NCCC(=O)OC(C)(C)C)cc3)ccc2c1.Cc1ccc2cc(-n3nc(-c4cc(Cl)cc(Cl)c4)cc3Oc3ccc(C(=O)OC(C)(C)C)cc3)ccc2c1.Cl.O=C=O. The number of aryl methyl sites for hydroxylation is 2. The molecule has 0 spiro atoms. The van der Waals surface area contributed by atoms with E-state index in [2.05, 4.69) is 94.5 Å². The van der Waals surface area contributed by atoms with Crippen molar-refractivity contribution in [1.82, 2.24) is 24.9 Å². The number of carbonyl (C=O) groups is 3. The first kappa shape index (κ1) is 72.6. The van der Waals surface area contributed by atoms with Gasteiger partial charge in [0.05, 0.1) is 34.7 Å². The van der Waals surface area contributed by atoms with Crippen LogP contribution >= 0.6 is 58.8 Å². The van der Waals surface area contributed by atoms with Gasteiger partial charge in [-0.15, -0.1) is 12.4 Å². The Morgan fingerprint density at radius 1 is 0.511 bits per heavy atom. The molecule has 0 atom stereocenters. The summed E-state index contributed by atoms with van der Waals surface area (Å²) in [6, 6.07) is 52.6. The third kappa shape index (κ3) is 21.8. The summed E-state index contributed by atoms with van der Waals surface area (Å²) in [5, 5.41) is 18.9. The van der Waals surface area contributed by atoms with Crippen molar-refractivity contribution in [3.05, 3.63) is 212 Å². The molecule has 0 fully saturated rings. The van der Waals surface area contributed by atoms with E-state index < -0.39 is 11.2 Å². The molecule has 0 radical (unpaired) electrons. The van der Waals surface area contributed by atoms with Crippen LogP contribution in [0.3, 0.4) is 0 Å². The first-order chi connectivity index (χ1) is 42.9. The Balaban J connectivity index is 0.000000254. The minimum absolute atomic E-state index is 0. The molecular formula is C72H73Cl5N6O9. The third-order valence-electron chi connectivity index (χ3n) is 13.1. The van der Waals surface area contributed by atoms with Gasteiger partial charge in [0.15, 0.2) is 0 Å². The van der Waals surface area contributed by atoms with E-state index in [0.29, 0.717) is 71.3 Å². The molecule has 480 valence electrons. The Morgan fingerprint density at radius 3 is 1.26 bits per heavy atom. The Kier molecular flexibility index (Phi) is 25.4. The molecule has 0 saturated carbocycles. The van der Waals surface area contributed by atoms with Crippen LogP contribution in [0.2, 0.25) is 20.1 Å². The topological polar surface area (TPSA) is 196 Å². The van der Waals surface area contributed by atoms with Crippen molar-refractivity contribution in [2.45, 2.75) is 100 Å². The molecule has 0 bridgehead atoms. The number of benzene rings is 8. The molecule has 0 unspecified atom stereocenters. The highest BCUT2D eigenvalue weighted by molar-refractivity contribution is 6.35. The van der Waals surface area contributed by atoms with E-state index in [1.165, 1.54) is 11.1 Å². The fourth-order valence-electron chi connectivity index (χ4n) is 9.02. The lowest BCUT2D eigenvalue weighted by molar-refractivity contribution is -0.191. The number of fused-ring (bicyclic) bond motifs is 2. The molecule has 1 amide bonds. The first-order valence-electron chi connectivity index (χ1n) is 29.1. The number of esters is 2. The number of hydrogen-bond donors (Lipinski definition) is 2. The van der Waals surface area contributed by atoms with Crippen molar-refractivity contribution < 1.29 is 42.9 Å². The lowest BCUT2D eigenvalue weighted by Crippen LogP contribution is -2.29. The lowest BCUT2D eigenvalue weighted by Gasteiger charge is -2.19. The molecule has 0 aliphatic heterocycles. The van der Waals surface area contributed by atoms with Crippen molar-refractivity contribution >= 4 is 104 Å². The van der Waals surface area contributed by atoms with Gasteiger partial charge < -0.3 is 30.0 Å². The van der Waals surface area contributed by atoms with Crippen LogP contribution in [-0.2, 0) is 23.9 Å². The fourth-order valence-corrected chi connectivity index (χ4v) is 10.1. The maximum Gasteiger partial charge on any atom is 0.373 e. The Labute approximate surface area is 562 Å². The van der Waals surface area contributed by atoms with Gasteiger partial charge in [0.1, 0.15) is 22.7 Å². The summed E-state index contributed by atoms with van der Waals surface area (Å²) in [7, 11) is 0. The normalized spacial score (nSPS) is 11.1. The zero-order valence-electron chi connectivity index (χ0n) is 53.0. The fraction of sp³-hybridized carbons (Fsp3) is 0.250. The molecule has 8 aromatic carbocycles. The molecule has 15 nitrogen and oxygen atoms in total. The number of halogens is 5. The van der Waals surface area contributed by atoms with Gasteiger partial charge in [-0.3, -0.25) is 9.59 Å². The van der Waals surface area contributed by atoms with Crippen LogP contribution in [0.15, 0.2) is 170 Å². The molecule has 10 rings (SSSR count). The van der Waals surface area contributed by atoms with Crippen molar-refractivity contribution in [1.29, 1.82) is 0 Å². The van der Waals surface area contributed by atoms with Gasteiger partial charge in [0.2, 0.25) is 11.8 Å². The van der Waals surface area contributed by atoms with E-state index >= 15 is 0 Å². The molecule has 0 aliphatic carbocycles. The lowest BCUT2D eigenvalue weighted by atomic mass is 9.93. The molecule has 2 aromatic heterocycles. The van der Waals surface area contributed by atoms with E-state index in [9.17, 15) is 14.4 Å². The van der Waals surface area contributed by atoms with Crippen molar-refractivity contribution in [2.75, 3.05) is 13.1 Å². The second-order valence-electron chi connectivity index (χ2n) is 24.5. The largest absolute Gasteiger partial charge is 0.460 e. The number of nitrogens with one attached hydrogen (secondary N) is 1. The molecule has 2 heterocycles. The molecule has 3 N–H and O–H groups in total. The second-order valence-corrected chi connectivity index (χ2v) is 26.2. The summed E-state index contributed by atoms with van der Waals surface area (Å²) in [5.41, 5.74) is 12.3. The number of carbonyl (C=O) groups excluding carboxylic acids is 5. The molecular weight excluding hydrogens is 1270 g/mol. The number of nitrogens with two attached hydrogens (primary N) is 1. The summed E-state index contributed by atoms with van der Waals surface area (Å²) in [6.07, 6.45) is 1.45. The molecule has 0 aliphatic rings. The number of rotatable bonds is 14. The number of hydrogen-bond acceptors (Lipinski definition) is 12. The number of ether oxygens (including phenoxy) is 4. The second kappa shape index (κ2) is 32.2. The van der Waals surface area contributed by atoms with Crippen molar-refractivity contribution in [3.8, 4) is 57.1 Å². The van der Waals surface area contributed by atoms with Gasteiger partial charge in [-0.2, -0.15) is 19.8 Å². The molecule has 10 aromatic rings. The smallest absolute Gasteiger partial charge is 0.373 e. The predicted molar refractivity (Wildman–Crippen MR) is 369 cm³/mol. The monoisotopic (exact) mass is 1340 g/mol. The van der Waals surface area contributed by atoms with Crippen LogP contribution in [-0.4, -0.2) is 67.8 Å². The number of amides is 1. The van der Waals surface area contributed by atoms with Gasteiger partial charge in [-0.25, -0.2) is 14.2 Å². The van der Waals surface area contributed by atoms with Crippen LogP contribution in [0.25, 0.3) is 55.4 Å². The van der Waals surface area contributed by atoms with Gasteiger partial charge >= 0.3 is 18.1 Å². The highest BCUT2D eigenvalue weighted by Gasteiger charge is 2.21. The minimum Gasteiger partial charge on any atom is -0.460 e. The van der Waals surface area contributed by atoms with Crippen LogP contribution in [0, 0.1) is 19.3 Å². The van der Waals surface area contributed by atoms with E-state index in [0.717, 1.165) is 57.0 Å². The Morgan fingerprint density at radius 2 is 0.891 bits per heavy atom. The minimum atomic E-state index is -0.572. The van der Waals surface area contributed by atoms with Crippen LogP contribution in [0.4, 0.5) is 0 Å². The third-order valence-corrected chi connectivity index (χ3v) is 14.0. The van der Waals surface area contributed by atoms with Gasteiger partial charge in [-0.05, 0) is 205 Å². The van der Waals surface area contributed by atoms with Crippen molar-refractivity contribution in [2.24, 2.45) is 11.1 Å². The van der Waals surface area contributed by atoms with Gasteiger partial charge in [0.25, 0.3) is 5.91 Å². The van der Waals surface area contributed by atoms with Crippen molar-refractivity contribution in [3.63, 3.8) is 0 Å². The van der Waals surface area contributed by atoms with Crippen LogP contribution in [0.1, 0.15) is 107 Å². The quantitative estimate of drug-likeness (QED) is 0.0979. The maximum absolute atomic E-state index is 12.6. The molecule has 20 heteroatoms. The summed E-state index contributed by atoms with van der Waals surface area (Å²) in [4.78, 5) is 53.2. The van der Waals surface area contributed by atoms with E-state index in [1.54, 1.807) is 103 Å². The Hall–Kier alpha value is -8.50. The molecule has 92 heavy (non-hydrogen) atoms. The van der Waals surface area contributed by atoms with Crippen LogP contribution < -0.4 is 20.5 Å². The predicted octanol–water partition coefficient (Wildman–Crippen LogP) is 18.8. The van der Waals surface area contributed by atoms with Crippen LogP contribution in [0.5, 0.6) is 23.3 Å². The van der Waals surface area contributed by atoms with Gasteiger partial charge in [-0.1, -0.05) is 127 Å². The van der Waals surface area contributed by atoms with Gasteiger partial charge in [0, 0.05) is 55.5 Å². The van der Waals surface area contributed by atoms with E-state index in [-0.39, 0.29) is 49.4 Å². The first-order valence-corrected chi connectivity index (χ1v) is 30.6. The van der Waals surface area contributed by atoms with E-state index in [4.69, 9.17) is 90.9 Å². The highest BCUT2D eigenvalue weighted by atomic mass is 35.5. The summed E-state index contributed by atoms with van der Waals surface area (Å²) in [5.74, 6) is 0.963. The number of nitrogens with zero attached hydrogens (tertiary/aromatic N) is 4. The van der Waals surface area contributed by atoms with E-state index in [1.807, 2.05) is 63.2 Å². The zero-order valence-corrected chi connectivity index (χ0v) is 56.8. The standard InChI is InChI=1S/C34H31Cl2N3O4.C31H26Cl2N2O3.C6H15N.CO2.ClH/c1-21-5-6-24-18-28(10-7-23(24)15-21)39-31(20-30(38-39)25-16-26(35)19-27(36)17-25)42-29-11-8-22(9-12-29)33(41)37-14-13-32(40)43-34(2,3)4;1-19-5-6-22-16-26(10-7-21(22)13-19)35-29(18-28(34-35)23-14-24(32)17-25(33)15-23)37-27-11-8-20(9-12-27)30(36)38-31(2,3)4;1-6(2,3)4-5-7;2-1-3;/h5-12,15-20H,13-14H2,1-4H3,(H,37,41);5-18H,1-4H3;4-5,7H2,1-3H3;;1H. The zero-order chi connectivity index (χ0) is 66.4. The average Bonchev–Trinajstić information content (AvgIpc) is 1.65. The summed E-state index contributed by atoms with van der Waals surface area (Å²) in [6.45, 7) is 22.6. The maximum atomic E-state index is 12.6.